The van der Waals surface area contributed by atoms with Crippen LogP contribution in [0.5, 0.6) is 0 Å². The Balaban J connectivity index is 2.73. The number of amides is 1. The van der Waals surface area contributed by atoms with Crippen LogP contribution < -0.4 is 5.32 Å². The van der Waals surface area contributed by atoms with Crippen molar-refractivity contribution in [2.24, 2.45) is 7.05 Å². The average Bonchev–Trinajstić information content (AvgIpc) is 2.72. The fourth-order valence-corrected chi connectivity index (χ4v) is 1.35. The van der Waals surface area contributed by atoms with E-state index in [0.29, 0.717) is 5.69 Å². The van der Waals surface area contributed by atoms with Crippen molar-refractivity contribution in [2.45, 2.75) is 12.5 Å². The minimum absolute atomic E-state index is 0.285. The first-order valence-electron chi connectivity index (χ1n) is 5.04. The molecule has 0 saturated carbocycles. The zero-order valence-corrected chi connectivity index (χ0v) is 9.84. The summed E-state index contributed by atoms with van der Waals surface area (Å²) in [5.74, 6) is -0.929. The maximum absolute atomic E-state index is 11.5. The van der Waals surface area contributed by atoms with Crippen LogP contribution in [0.15, 0.2) is 25.2 Å². The van der Waals surface area contributed by atoms with Gasteiger partial charge in [-0.3, -0.25) is 4.79 Å². The smallest absolute Gasteiger partial charge is 0.328 e. The summed E-state index contributed by atoms with van der Waals surface area (Å²) >= 11 is 0. The second-order valence-corrected chi connectivity index (χ2v) is 3.52. The number of rotatable bonds is 5. The molecule has 1 N–H and O–H groups in total. The number of carbonyl (C=O) groups is 2. The summed E-state index contributed by atoms with van der Waals surface area (Å²) < 4.78 is 6.38. The van der Waals surface area contributed by atoms with Gasteiger partial charge in [-0.1, -0.05) is 6.58 Å². The summed E-state index contributed by atoms with van der Waals surface area (Å²) in [7, 11) is 3.10. The molecule has 0 spiro atoms. The Morgan fingerprint density at radius 1 is 1.71 bits per heavy atom. The van der Waals surface area contributed by atoms with Gasteiger partial charge < -0.3 is 14.6 Å². The van der Waals surface area contributed by atoms with Crippen LogP contribution in [0, 0.1) is 0 Å². The molecule has 0 radical (unpaired) electrons. The van der Waals surface area contributed by atoms with E-state index in [4.69, 9.17) is 0 Å². The number of aryl methyl sites for hydroxylation is 1. The van der Waals surface area contributed by atoms with Crippen molar-refractivity contribution in [2.75, 3.05) is 7.11 Å². The number of nitrogens with one attached hydrogen (secondary N) is 1. The number of nitrogens with zero attached hydrogens (tertiary/aromatic N) is 2. The van der Waals surface area contributed by atoms with E-state index in [1.54, 1.807) is 17.1 Å². The molecule has 0 aliphatic heterocycles. The summed E-state index contributed by atoms with van der Waals surface area (Å²) in [5, 5.41) is 2.49. The third-order valence-corrected chi connectivity index (χ3v) is 2.16. The van der Waals surface area contributed by atoms with Crippen molar-refractivity contribution < 1.29 is 14.3 Å². The lowest BCUT2D eigenvalue weighted by molar-refractivity contribution is -0.144. The van der Waals surface area contributed by atoms with E-state index in [1.807, 2.05) is 7.05 Å². The number of methoxy groups -OCH3 is 1. The normalized spacial score (nSPS) is 11.6. The monoisotopic (exact) mass is 237 g/mol. The molecule has 1 aromatic heterocycles. The second kappa shape index (κ2) is 5.83. The zero-order chi connectivity index (χ0) is 12.8. The summed E-state index contributed by atoms with van der Waals surface area (Å²) in [4.78, 5) is 26.7. The Labute approximate surface area is 99.3 Å². The zero-order valence-electron chi connectivity index (χ0n) is 9.84. The number of ether oxygens (including phenoxy) is 1. The van der Waals surface area contributed by atoms with Crippen LogP contribution in [0.4, 0.5) is 0 Å². The predicted octanol–water partition coefficient (Wildman–Crippen LogP) is -0.194. The highest BCUT2D eigenvalue weighted by molar-refractivity contribution is 5.91. The minimum Gasteiger partial charge on any atom is -0.467 e. The summed E-state index contributed by atoms with van der Waals surface area (Å²) in [5.41, 5.74) is 0.701. The van der Waals surface area contributed by atoms with Crippen molar-refractivity contribution in [3.8, 4) is 0 Å². The van der Waals surface area contributed by atoms with Crippen molar-refractivity contribution in [1.29, 1.82) is 0 Å². The Hall–Kier alpha value is -2.11. The molecule has 1 heterocycles. The van der Waals surface area contributed by atoms with Gasteiger partial charge >= 0.3 is 5.97 Å². The van der Waals surface area contributed by atoms with Crippen LogP contribution in [0.25, 0.3) is 0 Å². The summed E-state index contributed by atoms with van der Waals surface area (Å²) in [6, 6.07) is -0.750. The van der Waals surface area contributed by atoms with Gasteiger partial charge in [0.15, 0.2) is 0 Å². The molecular weight excluding hydrogens is 222 g/mol. The number of carbonyl (C=O) groups excluding carboxylic acids is 2. The molecule has 6 nitrogen and oxygen atoms in total. The van der Waals surface area contributed by atoms with Crippen LogP contribution >= 0.6 is 0 Å². The van der Waals surface area contributed by atoms with Crippen LogP contribution in [-0.4, -0.2) is 34.6 Å². The van der Waals surface area contributed by atoms with E-state index >= 15 is 0 Å². The maximum Gasteiger partial charge on any atom is 0.328 e. The van der Waals surface area contributed by atoms with Crippen LogP contribution in [0.3, 0.4) is 0 Å². The van der Waals surface area contributed by atoms with Crippen molar-refractivity contribution in [3.05, 3.63) is 30.9 Å². The molecule has 1 rings (SSSR count). The molecule has 92 valence electrons. The van der Waals surface area contributed by atoms with Gasteiger partial charge in [0, 0.05) is 19.7 Å². The highest BCUT2D eigenvalue weighted by atomic mass is 16.5. The van der Waals surface area contributed by atoms with Crippen LogP contribution in [0.2, 0.25) is 0 Å². The van der Waals surface area contributed by atoms with Gasteiger partial charge in [0.05, 0.1) is 19.1 Å². The molecule has 0 aliphatic carbocycles. The first-order chi connectivity index (χ1) is 8.06. The SMILES string of the molecule is C=CC(=O)N[C@@H](Cc1cn(C)cn1)C(=O)OC. The molecule has 0 fully saturated rings. The third-order valence-electron chi connectivity index (χ3n) is 2.16. The highest BCUT2D eigenvalue weighted by Crippen LogP contribution is 2.02. The minimum atomic E-state index is -0.750. The number of imidazole rings is 1. The molecule has 0 bridgehead atoms. The lowest BCUT2D eigenvalue weighted by atomic mass is 10.1. The van der Waals surface area contributed by atoms with Crippen LogP contribution in [-0.2, 0) is 27.8 Å². The van der Waals surface area contributed by atoms with E-state index in [-0.39, 0.29) is 6.42 Å². The van der Waals surface area contributed by atoms with Gasteiger partial charge in [-0.15, -0.1) is 0 Å². The molecule has 17 heavy (non-hydrogen) atoms. The molecule has 6 heteroatoms. The molecule has 1 atom stereocenters. The van der Waals surface area contributed by atoms with Crippen molar-refractivity contribution in [3.63, 3.8) is 0 Å². The van der Waals surface area contributed by atoms with E-state index < -0.39 is 17.9 Å². The van der Waals surface area contributed by atoms with E-state index in [2.05, 4.69) is 21.6 Å². The largest absolute Gasteiger partial charge is 0.467 e. The first-order valence-corrected chi connectivity index (χ1v) is 5.04. The lowest BCUT2D eigenvalue weighted by Crippen LogP contribution is -2.42. The lowest BCUT2D eigenvalue weighted by Gasteiger charge is -2.13. The fourth-order valence-electron chi connectivity index (χ4n) is 1.35. The van der Waals surface area contributed by atoms with Crippen molar-refractivity contribution >= 4 is 11.9 Å². The van der Waals surface area contributed by atoms with Gasteiger partial charge in [0.1, 0.15) is 6.04 Å². The molecule has 1 amide bonds. The van der Waals surface area contributed by atoms with E-state index in [1.165, 1.54) is 7.11 Å². The summed E-state index contributed by atoms with van der Waals surface area (Å²) in [6.45, 7) is 3.33. The number of aromatic nitrogens is 2. The second-order valence-electron chi connectivity index (χ2n) is 3.52. The standard InChI is InChI=1S/C11H15N3O3/c1-4-10(15)13-9(11(16)17-3)5-8-6-14(2)7-12-8/h4,6-7,9H,1,5H2,2-3H3,(H,13,15)/t9-/m0/s1. The Morgan fingerprint density at radius 3 is 2.88 bits per heavy atom. The maximum atomic E-state index is 11.5. The average molecular weight is 237 g/mol. The van der Waals surface area contributed by atoms with Gasteiger partial charge in [-0.05, 0) is 6.08 Å². The number of esters is 1. The first kappa shape index (κ1) is 13.0. The Bertz CT molecular complexity index is 425. The molecule has 0 aliphatic rings. The van der Waals surface area contributed by atoms with Gasteiger partial charge in [-0.25, -0.2) is 9.78 Å². The number of hydrogen-bond acceptors (Lipinski definition) is 4. The highest BCUT2D eigenvalue weighted by Gasteiger charge is 2.21. The molecule has 1 aromatic rings. The molecule has 0 saturated heterocycles. The van der Waals surface area contributed by atoms with Crippen molar-refractivity contribution in [1.82, 2.24) is 14.9 Å². The van der Waals surface area contributed by atoms with Gasteiger partial charge in [-0.2, -0.15) is 0 Å². The molecule has 0 unspecified atom stereocenters. The van der Waals surface area contributed by atoms with E-state index in [9.17, 15) is 9.59 Å². The topological polar surface area (TPSA) is 73.2 Å². The third kappa shape index (κ3) is 3.75. The number of hydrogen-bond donors (Lipinski definition) is 1. The quantitative estimate of drug-likeness (QED) is 0.569. The fraction of sp³-hybridized carbons (Fsp3) is 0.364. The van der Waals surface area contributed by atoms with Crippen LogP contribution in [0.1, 0.15) is 5.69 Å². The molecule has 0 aromatic carbocycles. The predicted molar refractivity (Wildman–Crippen MR) is 61.1 cm³/mol. The van der Waals surface area contributed by atoms with Gasteiger partial charge in [0.25, 0.3) is 0 Å². The van der Waals surface area contributed by atoms with Gasteiger partial charge in [0.2, 0.25) is 5.91 Å². The Morgan fingerprint density at radius 2 is 2.41 bits per heavy atom. The molecular formula is C11H15N3O3. The summed E-state index contributed by atoms with van der Waals surface area (Å²) in [6.07, 6.45) is 4.79. The Kier molecular flexibility index (Phi) is 4.45. The van der Waals surface area contributed by atoms with E-state index in [0.717, 1.165) is 6.08 Å².